The molecule has 0 aliphatic carbocycles. The molecule has 0 amide bonds. The fourth-order valence-electron chi connectivity index (χ4n) is 3.50. The molecule has 0 saturated carbocycles. The van der Waals surface area contributed by atoms with Gasteiger partial charge in [0.1, 0.15) is 0 Å². The summed E-state index contributed by atoms with van der Waals surface area (Å²) in [5, 5.41) is 0. The maximum absolute atomic E-state index is 5.98. The Balaban J connectivity index is 4.86. The second-order valence-corrected chi connectivity index (χ2v) is 12.4. The fourth-order valence-corrected chi connectivity index (χ4v) is 8.69. The van der Waals surface area contributed by atoms with Crippen molar-refractivity contribution in [1.82, 2.24) is 4.90 Å². The zero-order chi connectivity index (χ0) is 23.4. The zero-order valence-corrected chi connectivity index (χ0v) is 23.2. The highest BCUT2D eigenvalue weighted by atomic mass is 28.4. The van der Waals surface area contributed by atoms with Gasteiger partial charge < -0.3 is 31.3 Å². The van der Waals surface area contributed by atoms with Gasteiger partial charge in [-0.1, -0.05) is 0 Å². The van der Waals surface area contributed by atoms with Crippen molar-refractivity contribution in [3.63, 3.8) is 0 Å². The van der Waals surface area contributed by atoms with E-state index < -0.39 is 17.6 Å². The van der Waals surface area contributed by atoms with Gasteiger partial charge in [0, 0.05) is 71.4 Å². The third-order valence-electron chi connectivity index (χ3n) is 4.58. The van der Waals surface area contributed by atoms with Crippen LogP contribution in [0.1, 0.15) is 61.3 Å². The highest BCUT2D eigenvalue weighted by Gasteiger charge is 2.41. The average Bonchev–Trinajstić information content (AvgIpc) is 2.73. The highest BCUT2D eigenvalue weighted by Crippen LogP contribution is 2.20. The van der Waals surface area contributed by atoms with Crippen LogP contribution in [0, 0.1) is 0 Å². The number of ether oxygens (including phenoxy) is 1. The molecule has 10 heteroatoms. The predicted octanol–water partition coefficient (Wildman–Crippen LogP) is 4.16. The van der Waals surface area contributed by atoms with Crippen molar-refractivity contribution in [3.05, 3.63) is 0 Å². The Morgan fingerprint density at radius 2 is 0.806 bits per heavy atom. The molecule has 0 aliphatic heterocycles. The van der Waals surface area contributed by atoms with Gasteiger partial charge >= 0.3 is 17.6 Å². The maximum atomic E-state index is 5.98. The van der Waals surface area contributed by atoms with Gasteiger partial charge in [-0.15, -0.1) is 0 Å². The summed E-state index contributed by atoms with van der Waals surface area (Å²) >= 11 is 0. The molecule has 0 aromatic rings. The first-order valence-corrected chi connectivity index (χ1v) is 16.0. The molecule has 0 fully saturated rings. The molecular formula is C21H49NO7Si2. The van der Waals surface area contributed by atoms with Crippen LogP contribution < -0.4 is 0 Å². The molecule has 0 unspecified atom stereocenters. The van der Waals surface area contributed by atoms with E-state index in [-0.39, 0.29) is 0 Å². The summed E-state index contributed by atoms with van der Waals surface area (Å²) in [6.07, 6.45) is 1.87. The first-order valence-electron chi connectivity index (χ1n) is 12.1. The fraction of sp³-hybridized carbons (Fsp3) is 1.00. The van der Waals surface area contributed by atoms with Crippen molar-refractivity contribution < 1.29 is 31.3 Å². The molecule has 0 N–H and O–H groups in total. The first-order chi connectivity index (χ1) is 15.0. The largest absolute Gasteiger partial charge is 0.500 e. The minimum Gasteiger partial charge on any atom is -0.374 e. The molecule has 0 aromatic carbocycles. The Hall–Kier alpha value is 0.114. The van der Waals surface area contributed by atoms with Crippen LogP contribution in [0.15, 0.2) is 0 Å². The molecule has 0 bridgehead atoms. The van der Waals surface area contributed by atoms with E-state index in [1.807, 2.05) is 48.5 Å². The average molecular weight is 484 g/mol. The van der Waals surface area contributed by atoms with Crippen LogP contribution in [0.3, 0.4) is 0 Å². The van der Waals surface area contributed by atoms with E-state index in [1.165, 1.54) is 0 Å². The topological polar surface area (TPSA) is 67.9 Å². The Bertz CT molecular complexity index is 342. The second kappa shape index (κ2) is 19.6. The van der Waals surface area contributed by atoms with Crippen LogP contribution in [0.5, 0.6) is 0 Å². The van der Waals surface area contributed by atoms with Crippen molar-refractivity contribution in [3.8, 4) is 0 Å². The molecule has 188 valence electrons. The zero-order valence-electron chi connectivity index (χ0n) is 21.2. The molecule has 0 spiro atoms. The molecule has 0 aromatic heterocycles. The monoisotopic (exact) mass is 483 g/mol. The summed E-state index contributed by atoms with van der Waals surface area (Å²) in [6, 6.07) is 1.61. The van der Waals surface area contributed by atoms with Crippen LogP contribution in [0.2, 0.25) is 12.1 Å². The normalized spacial score (nSPS) is 12.8. The van der Waals surface area contributed by atoms with E-state index in [0.29, 0.717) is 53.0 Å². The van der Waals surface area contributed by atoms with Gasteiger partial charge in [0.15, 0.2) is 0 Å². The van der Waals surface area contributed by atoms with E-state index in [9.17, 15) is 0 Å². The summed E-state index contributed by atoms with van der Waals surface area (Å²) in [6.45, 7) is 20.7. The smallest absolute Gasteiger partial charge is 0.374 e. The van der Waals surface area contributed by atoms with Crippen molar-refractivity contribution in [1.29, 1.82) is 0 Å². The Morgan fingerprint density at radius 1 is 0.484 bits per heavy atom. The lowest BCUT2D eigenvalue weighted by molar-refractivity contribution is 0.0304. The molecule has 31 heavy (non-hydrogen) atoms. The SMILES string of the molecule is CCOCN(CCC[Si](OCC)(OCC)OCC)CCC[Si](OCC)(OCC)OCC. The predicted molar refractivity (Wildman–Crippen MR) is 128 cm³/mol. The maximum Gasteiger partial charge on any atom is 0.500 e. The summed E-state index contributed by atoms with van der Waals surface area (Å²) in [4.78, 5) is 2.33. The van der Waals surface area contributed by atoms with Crippen molar-refractivity contribution in [2.45, 2.75) is 73.4 Å². The van der Waals surface area contributed by atoms with Gasteiger partial charge in [-0.25, -0.2) is 0 Å². The van der Waals surface area contributed by atoms with E-state index in [1.54, 1.807) is 0 Å². The van der Waals surface area contributed by atoms with E-state index in [4.69, 9.17) is 31.3 Å². The number of hydrogen-bond donors (Lipinski definition) is 0. The van der Waals surface area contributed by atoms with E-state index in [2.05, 4.69) is 4.90 Å². The third-order valence-corrected chi connectivity index (χ3v) is 10.9. The van der Waals surface area contributed by atoms with Crippen LogP contribution in [-0.4, -0.2) is 88.6 Å². The Morgan fingerprint density at radius 3 is 1.06 bits per heavy atom. The van der Waals surface area contributed by atoms with Gasteiger partial charge in [-0.2, -0.15) is 0 Å². The van der Waals surface area contributed by atoms with Crippen LogP contribution in [0.4, 0.5) is 0 Å². The van der Waals surface area contributed by atoms with Gasteiger partial charge in [0.25, 0.3) is 0 Å². The van der Waals surface area contributed by atoms with Crippen LogP contribution in [0.25, 0.3) is 0 Å². The number of hydrogen-bond acceptors (Lipinski definition) is 8. The molecule has 0 saturated heterocycles. The van der Waals surface area contributed by atoms with Gasteiger partial charge in [-0.3, -0.25) is 4.90 Å². The molecule has 8 nitrogen and oxygen atoms in total. The van der Waals surface area contributed by atoms with Crippen LogP contribution in [-0.2, 0) is 31.3 Å². The molecule has 0 atom stereocenters. The van der Waals surface area contributed by atoms with Crippen molar-refractivity contribution in [2.24, 2.45) is 0 Å². The van der Waals surface area contributed by atoms with Gasteiger partial charge in [-0.05, 0) is 61.3 Å². The van der Waals surface area contributed by atoms with Gasteiger partial charge in [0.05, 0.1) is 6.73 Å². The molecule has 0 radical (unpaired) electrons. The first kappa shape index (κ1) is 31.1. The third kappa shape index (κ3) is 13.4. The standard InChI is InChI=1S/C21H49NO7Si2/c1-8-23-21-22(17-15-19-30(24-9-2,25-10-3)26-11-4)18-16-20-31(27-12-5,28-13-6)29-14-7/h8-21H2,1-7H3. The lowest BCUT2D eigenvalue weighted by Crippen LogP contribution is -2.47. The number of rotatable bonds is 23. The van der Waals surface area contributed by atoms with E-state index >= 15 is 0 Å². The highest BCUT2D eigenvalue weighted by molar-refractivity contribution is 6.61. The van der Waals surface area contributed by atoms with E-state index in [0.717, 1.165) is 38.0 Å². The molecular weight excluding hydrogens is 434 g/mol. The molecule has 0 aliphatic rings. The van der Waals surface area contributed by atoms with Gasteiger partial charge in [0.2, 0.25) is 0 Å². The summed E-state index contributed by atoms with van der Waals surface area (Å²) in [5.41, 5.74) is 0. The lowest BCUT2D eigenvalue weighted by Gasteiger charge is -2.31. The summed E-state index contributed by atoms with van der Waals surface area (Å²) in [5.74, 6) is 0. The van der Waals surface area contributed by atoms with Crippen LogP contribution >= 0.6 is 0 Å². The van der Waals surface area contributed by atoms with Crippen molar-refractivity contribution in [2.75, 3.05) is 66.1 Å². The Kier molecular flexibility index (Phi) is 19.6. The molecule has 0 rings (SSSR count). The van der Waals surface area contributed by atoms with Crippen molar-refractivity contribution >= 4 is 17.6 Å². The summed E-state index contributed by atoms with van der Waals surface area (Å²) < 4.78 is 41.6. The minimum atomic E-state index is -2.61. The number of nitrogens with zero attached hydrogens (tertiary/aromatic N) is 1. The lowest BCUT2D eigenvalue weighted by atomic mass is 10.4. The quantitative estimate of drug-likeness (QED) is 0.159. The Labute approximate surface area is 193 Å². The molecule has 0 heterocycles. The summed E-state index contributed by atoms with van der Waals surface area (Å²) in [7, 11) is -5.22. The minimum absolute atomic E-state index is 0.605. The second-order valence-electron chi connectivity index (χ2n) is 6.91.